The average Bonchev–Trinajstić information content (AvgIpc) is 2.55. The minimum Gasteiger partial charge on any atom is -0.490 e. The van der Waals surface area contributed by atoms with Crippen molar-refractivity contribution in [3.63, 3.8) is 0 Å². The topological polar surface area (TPSA) is 50.4 Å². The molecule has 4 nitrogen and oxygen atoms in total. The van der Waals surface area contributed by atoms with Gasteiger partial charge in [0.1, 0.15) is 12.4 Å². The van der Waals surface area contributed by atoms with Crippen molar-refractivity contribution in [2.24, 2.45) is 0 Å². The summed E-state index contributed by atoms with van der Waals surface area (Å²) in [6.45, 7) is 6.16. The smallest absolute Gasteiger partial charge is 0.243 e. The quantitative estimate of drug-likeness (QED) is 0.746. The number of hydrogen-bond acceptors (Lipinski definition) is 3. The van der Waals surface area contributed by atoms with E-state index in [4.69, 9.17) is 16.3 Å². The summed E-state index contributed by atoms with van der Waals surface area (Å²) in [5.74, 6) is 0.597. The average molecular weight is 331 g/mol. The lowest BCUT2D eigenvalue weighted by Crippen LogP contribution is -2.22. The molecule has 2 aromatic rings. The number of hydrogen-bond donors (Lipinski definition) is 2. The minimum atomic E-state index is -0.135. The highest BCUT2D eigenvalue weighted by molar-refractivity contribution is 6.30. The number of aryl methyl sites for hydroxylation is 1. The molecule has 0 aliphatic carbocycles. The van der Waals surface area contributed by atoms with Crippen LogP contribution in [0.1, 0.15) is 5.56 Å². The Morgan fingerprint density at radius 1 is 1.26 bits per heavy atom. The molecule has 0 aliphatic rings. The van der Waals surface area contributed by atoms with Crippen LogP contribution in [0.4, 0.5) is 11.4 Å². The first-order valence-electron chi connectivity index (χ1n) is 7.22. The van der Waals surface area contributed by atoms with Crippen molar-refractivity contribution in [3.05, 3.63) is 65.7 Å². The maximum atomic E-state index is 12.0. The van der Waals surface area contributed by atoms with Gasteiger partial charge >= 0.3 is 0 Å². The molecule has 120 valence electrons. The molecule has 5 heteroatoms. The third-order valence-corrected chi connectivity index (χ3v) is 3.38. The van der Waals surface area contributed by atoms with Gasteiger partial charge in [-0.2, -0.15) is 0 Å². The number of carbonyl (C=O) groups is 1. The first-order valence-corrected chi connectivity index (χ1v) is 7.60. The summed E-state index contributed by atoms with van der Waals surface area (Å²) >= 11 is 5.95. The van der Waals surface area contributed by atoms with Crippen molar-refractivity contribution < 1.29 is 9.53 Å². The van der Waals surface area contributed by atoms with Gasteiger partial charge in [-0.05, 0) is 48.9 Å². The molecule has 0 saturated heterocycles. The lowest BCUT2D eigenvalue weighted by Gasteiger charge is -2.11. The van der Waals surface area contributed by atoms with Crippen molar-refractivity contribution in [1.29, 1.82) is 0 Å². The molecule has 0 radical (unpaired) electrons. The first kappa shape index (κ1) is 16.9. The highest BCUT2D eigenvalue weighted by Gasteiger charge is 2.05. The van der Waals surface area contributed by atoms with Crippen molar-refractivity contribution in [3.8, 4) is 5.75 Å². The Hall–Kier alpha value is -2.46. The van der Waals surface area contributed by atoms with E-state index in [1.165, 1.54) is 0 Å². The fourth-order valence-electron chi connectivity index (χ4n) is 1.96. The maximum absolute atomic E-state index is 12.0. The van der Waals surface area contributed by atoms with Crippen LogP contribution in [0.15, 0.2) is 55.1 Å². The van der Waals surface area contributed by atoms with Gasteiger partial charge < -0.3 is 15.4 Å². The van der Waals surface area contributed by atoms with Crippen LogP contribution in [0.25, 0.3) is 0 Å². The lowest BCUT2D eigenvalue weighted by atomic mass is 10.2. The first-order chi connectivity index (χ1) is 11.1. The summed E-state index contributed by atoms with van der Waals surface area (Å²) in [7, 11) is 0. The van der Waals surface area contributed by atoms with E-state index in [1.807, 2.05) is 19.1 Å². The number of carbonyl (C=O) groups excluding carboxylic acids is 1. The van der Waals surface area contributed by atoms with E-state index in [-0.39, 0.29) is 12.5 Å². The van der Waals surface area contributed by atoms with Crippen molar-refractivity contribution in [1.82, 2.24) is 0 Å². The number of ether oxygens (including phenoxy) is 1. The minimum absolute atomic E-state index is 0.135. The van der Waals surface area contributed by atoms with Crippen molar-refractivity contribution >= 4 is 28.9 Å². The molecule has 2 rings (SSSR count). The molecular weight excluding hydrogens is 312 g/mol. The number of nitrogens with one attached hydrogen (secondary N) is 2. The van der Waals surface area contributed by atoms with Crippen molar-refractivity contribution in [2.75, 3.05) is 23.8 Å². The SMILES string of the molecule is C=CCOc1ccc(NC(=O)CNc2cc(Cl)ccc2C)cc1. The number of anilines is 2. The van der Waals surface area contributed by atoms with Gasteiger partial charge in [-0.1, -0.05) is 30.3 Å². The molecule has 0 bridgehead atoms. The van der Waals surface area contributed by atoms with E-state index < -0.39 is 0 Å². The molecule has 0 unspecified atom stereocenters. The molecule has 23 heavy (non-hydrogen) atoms. The van der Waals surface area contributed by atoms with Crippen LogP contribution in [0.2, 0.25) is 5.02 Å². The van der Waals surface area contributed by atoms with Gasteiger partial charge in [-0.3, -0.25) is 4.79 Å². The molecule has 2 aromatic carbocycles. The fraction of sp³-hybridized carbons (Fsp3) is 0.167. The van der Waals surface area contributed by atoms with Crippen LogP contribution in [0.5, 0.6) is 5.75 Å². The summed E-state index contributed by atoms with van der Waals surface area (Å²) in [6, 6.07) is 12.7. The molecule has 0 aliphatic heterocycles. The molecule has 2 N–H and O–H groups in total. The summed E-state index contributed by atoms with van der Waals surface area (Å²) in [5, 5.41) is 6.53. The molecule has 0 atom stereocenters. The monoisotopic (exact) mass is 330 g/mol. The summed E-state index contributed by atoms with van der Waals surface area (Å²) in [5.41, 5.74) is 2.59. The Morgan fingerprint density at radius 2 is 2.00 bits per heavy atom. The fourth-order valence-corrected chi connectivity index (χ4v) is 2.13. The summed E-state index contributed by atoms with van der Waals surface area (Å²) in [6.07, 6.45) is 1.68. The van der Waals surface area contributed by atoms with Gasteiger partial charge in [-0.15, -0.1) is 0 Å². The van der Waals surface area contributed by atoms with Gasteiger partial charge in [0.25, 0.3) is 0 Å². The van der Waals surface area contributed by atoms with E-state index in [1.54, 1.807) is 36.4 Å². The normalized spacial score (nSPS) is 10.0. The zero-order valence-electron chi connectivity index (χ0n) is 12.9. The Morgan fingerprint density at radius 3 is 2.70 bits per heavy atom. The van der Waals surface area contributed by atoms with E-state index in [9.17, 15) is 4.79 Å². The van der Waals surface area contributed by atoms with Crippen molar-refractivity contribution in [2.45, 2.75) is 6.92 Å². The molecule has 0 heterocycles. The van der Waals surface area contributed by atoms with Crippen LogP contribution in [0.3, 0.4) is 0 Å². The largest absolute Gasteiger partial charge is 0.490 e. The molecule has 0 fully saturated rings. The maximum Gasteiger partial charge on any atom is 0.243 e. The third-order valence-electron chi connectivity index (χ3n) is 3.14. The standard InChI is InChI=1S/C18H19ClN2O2/c1-3-10-23-16-8-6-15(7-9-16)21-18(22)12-20-17-11-14(19)5-4-13(17)2/h3-9,11,20H,1,10,12H2,2H3,(H,21,22). The van der Waals surface area contributed by atoms with E-state index in [0.29, 0.717) is 17.3 Å². The second kappa shape index (κ2) is 8.25. The zero-order chi connectivity index (χ0) is 16.7. The number of rotatable bonds is 7. The van der Waals surface area contributed by atoms with Crippen LogP contribution in [-0.4, -0.2) is 19.1 Å². The van der Waals surface area contributed by atoms with Crippen LogP contribution < -0.4 is 15.4 Å². The predicted octanol–water partition coefficient (Wildman–Crippen LogP) is 4.26. The van der Waals surface area contributed by atoms with Crippen LogP contribution in [0, 0.1) is 6.92 Å². The Labute approximate surface area is 141 Å². The van der Waals surface area contributed by atoms with Gasteiger partial charge in [-0.25, -0.2) is 0 Å². The molecule has 0 saturated carbocycles. The van der Waals surface area contributed by atoms with Gasteiger partial charge in [0.15, 0.2) is 0 Å². The molecule has 1 amide bonds. The van der Waals surface area contributed by atoms with Gasteiger partial charge in [0.2, 0.25) is 5.91 Å². The number of amides is 1. The molecule has 0 spiro atoms. The summed E-state index contributed by atoms with van der Waals surface area (Å²) < 4.78 is 5.39. The van der Waals surface area contributed by atoms with Crippen LogP contribution >= 0.6 is 11.6 Å². The molecular formula is C18H19ClN2O2. The Kier molecular flexibility index (Phi) is 6.06. The number of halogens is 1. The lowest BCUT2D eigenvalue weighted by molar-refractivity contribution is -0.114. The zero-order valence-corrected chi connectivity index (χ0v) is 13.7. The Bertz CT molecular complexity index is 684. The third kappa shape index (κ3) is 5.34. The predicted molar refractivity (Wildman–Crippen MR) is 95.4 cm³/mol. The van der Waals surface area contributed by atoms with Gasteiger partial charge in [0.05, 0.1) is 6.54 Å². The Balaban J connectivity index is 1.87. The highest BCUT2D eigenvalue weighted by atomic mass is 35.5. The van der Waals surface area contributed by atoms with E-state index >= 15 is 0 Å². The number of benzene rings is 2. The second-order valence-electron chi connectivity index (χ2n) is 4.99. The summed E-state index contributed by atoms with van der Waals surface area (Å²) in [4.78, 5) is 12.0. The van der Waals surface area contributed by atoms with E-state index in [2.05, 4.69) is 17.2 Å². The second-order valence-corrected chi connectivity index (χ2v) is 5.42. The van der Waals surface area contributed by atoms with E-state index in [0.717, 1.165) is 17.0 Å². The van der Waals surface area contributed by atoms with Crippen LogP contribution in [-0.2, 0) is 4.79 Å². The highest BCUT2D eigenvalue weighted by Crippen LogP contribution is 2.20. The van der Waals surface area contributed by atoms with Gasteiger partial charge in [0, 0.05) is 16.4 Å². The molecule has 0 aromatic heterocycles.